The highest BCUT2D eigenvalue weighted by molar-refractivity contribution is 7.89. The average molecular weight is 316 g/mol. The van der Waals surface area contributed by atoms with Crippen LogP contribution in [-0.2, 0) is 19.5 Å². The fourth-order valence-electron chi connectivity index (χ4n) is 1.87. The number of anilines is 1. The molecule has 1 aliphatic rings. The number of hydrogen-bond acceptors (Lipinski definition) is 6. The second kappa shape index (κ2) is 6.39. The standard InChI is InChI=1S/C12H16N2O6S/c13-8-1-2-10(12(15)16)11(5-8)21(17,18)14-6-9-7-19-3-4-20-9/h1-2,5,9,14H,3-4,6-7,13H2,(H,15,16). The molecule has 0 aromatic heterocycles. The molecule has 0 spiro atoms. The van der Waals surface area contributed by atoms with Gasteiger partial charge >= 0.3 is 5.97 Å². The molecule has 1 aromatic rings. The van der Waals surface area contributed by atoms with Crippen LogP contribution >= 0.6 is 0 Å². The minimum Gasteiger partial charge on any atom is -0.478 e. The molecule has 0 aliphatic carbocycles. The van der Waals surface area contributed by atoms with Gasteiger partial charge < -0.3 is 20.3 Å². The fraction of sp³-hybridized carbons (Fsp3) is 0.417. The Bertz CT molecular complexity index is 625. The van der Waals surface area contributed by atoms with Crippen molar-refractivity contribution in [3.8, 4) is 0 Å². The quantitative estimate of drug-likeness (QED) is 0.634. The molecule has 116 valence electrons. The van der Waals surface area contributed by atoms with Crippen LogP contribution in [0.3, 0.4) is 0 Å². The molecular weight excluding hydrogens is 300 g/mol. The number of sulfonamides is 1. The van der Waals surface area contributed by atoms with E-state index in [1.165, 1.54) is 6.07 Å². The monoisotopic (exact) mass is 316 g/mol. The second-order valence-corrected chi connectivity index (χ2v) is 6.22. The molecule has 1 fully saturated rings. The zero-order chi connectivity index (χ0) is 15.5. The SMILES string of the molecule is Nc1ccc(C(=O)O)c(S(=O)(=O)NCC2COCCO2)c1. The van der Waals surface area contributed by atoms with E-state index in [1.807, 2.05) is 0 Å². The average Bonchev–Trinajstić information content (AvgIpc) is 2.46. The Balaban J connectivity index is 2.18. The van der Waals surface area contributed by atoms with Crippen molar-refractivity contribution in [3.63, 3.8) is 0 Å². The van der Waals surface area contributed by atoms with E-state index in [1.54, 1.807) is 0 Å². The van der Waals surface area contributed by atoms with Gasteiger partial charge in [-0.1, -0.05) is 0 Å². The number of carbonyl (C=O) groups is 1. The Morgan fingerprint density at radius 3 is 2.81 bits per heavy atom. The van der Waals surface area contributed by atoms with E-state index < -0.39 is 22.1 Å². The lowest BCUT2D eigenvalue weighted by Crippen LogP contribution is -2.40. The minimum absolute atomic E-state index is 0.00378. The van der Waals surface area contributed by atoms with Crippen LogP contribution in [0, 0.1) is 0 Å². The van der Waals surface area contributed by atoms with E-state index in [9.17, 15) is 13.2 Å². The van der Waals surface area contributed by atoms with Gasteiger partial charge in [0.15, 0.2) is 0 Å². The number of carboxylic acid groups (broad SMARTS) is 1. The van der Waals surface area contributed by atoms with Crippen LogP contribution in [0.1, 0.15) is 10.4 Å². The first-order valence-electron chi connectivity index (χ1n) is 6.22. The van der Waals surface area contributed by atoms with E-state index in [0.29, 0.717) is 13.2 Å². The molecule has 1 heterocycles. The Morgan fingerprint density at radius 1 is 1.43 bits per heavy atom. The Kier molecular flexibility index (Phi) is 4.78. The number of hydrogen-bond donors (Lipinski definition) is 3. The summed E-state index contributed by atoms with van der Waals surface area (Å²) in [6.07, 6.45) is -0.400. The summed E-state index contributed by atoms with van der Waals surface area (Å²) in [5, 5.41) is 9.06. The van der Waals surface area contributed by atoms with E-state index in [0.717, 1.165) is 12.1 Å². The highest BCUT2D eigenvalue weighted by Crippen LogP contribution is 2.19. The fourth-order valence-corrected chi connectivity index (χ4v) is 3.17. The third-order valence-electron chi connectivity index (χ3n) is 2.91. The van der Waals surface area contributed by atoms with Crippen LogP contribution in [0.15, 0.2) is 23.1 Å². The molecule has 1 unspecified atom stereocenters. The van der Waals surface area contributed by atoms with Crippen LogP contribution in [-0.4, -0.2) is 52.0 Å². The van der Waals surface area contributed by atoms with Crippen molar-refractivity contribution < 1.29 is 27.8 Å². The van der Waals surface area contributed by atoms with Crippen LogP contribution in [0.2, 0.25) is 0 Å². The largest absolute Gasteiger partial charge is 0.478 e. The number of nitrogens with two attached hydrogens (primary N) is 1. The van der Waals surface area contributed by atoms with Crippen molar-refractivity contribution in [2.45, 2.75) is 11.0 Å². The Labute approximate surface area is 121 Å². The topological polar surface area (TPSA) is 128 Å². The zero-order valence-electron chi connectivity index (χ0n) is 11.1. The van der Waals surface area contributed by atoms with Crippen molar-refractivity contribution >= 4 is 21.7 Å². The molecular formula is C12H16N2O6S. The van der Waals surface area contributed by atoms with Gasteiger partial charge in [-0.05, 0) is 18.2 Å². The number of carboxylic acids is 1. The predicted molar refractivity (Wildman–Crippen MR) is 73.6 cm³/mol. The third kappa shape index (κ3) is 3.91. The lowest BCUT2D eigenvalue weighted by Gasteiger charge is -2.23. The normalized spacial score (nSPS) is 19.3. The lowest BCUT2D eigenvalue weighted by molar-refractivity contribution is -0.0846. The maximum Gasteiger partial charge on any atom is 0.337 e. The van der Waals surface area contributed by atoms with E-state index in [2.05, 4.69) is 4.72 Å². The summed E-state index contributed by atoms with van der Waals surface area (Å²) in [5.74, 6) is -1.34. The molecule has 8 nitrogen and oxygen atoms in total. The molecule has 1 aromatic carbocycles. The molecule has 0 radical (unpaired) electrons. The summed E-state index contributed by atoms with van der Waals surface area (Å²) >= 11 is 0. The van der Waals surface area contributed by atoms with Gasteiger partial charge in [0.05, 0.1) is 36.4 Å². The van der Waals surface area contributed by atoms with Crippen molar-refractivity contribution in [1.29, 1.82) is 0 Å². The van der Waals surface area contributed by atoms with E-state index in [4.69, 9.17) is 20.3 Å². The molecule has 0 amide bonds. The van der Waals surface area contributed by atoms with Gasteiger partial charge in [0, 0.05) is 12.2 Å². The maximum absolute atomic E-state index is 12.2. The van der Waals surface area contributed by atoms with Crippen LogP contribution in [0.4, 0.5) is 5.69 Å². The number of nitrogens with one attached hydrogen (secondary N) is 1. The summed E-state index contributed by atoms with van der Waals surface area (Å²) in [4.78, 5) is 10.7. The third-order valence-corrected chi connectivity index (χ3v) is 4.38. The Hall–Kier alpha value is -1.68. The van der Waals surface area contributed by atoms with Gasteiger partial charge in [0.1, 0.15) is 0 Å². The first-order valence-corrected chi connectivity index (χ1v) is 7.70. The van der Waals surface area contributed by atoms with Crippen LogP contribution in [0.5, 0.6) is 0 Å². The second-order valence-electron chi connectivity index (χ2n) is 4.48. The molecule has 1 atom stereocenters. The number of rotatable bonds is 5. The first kappa shape index (κ1) is 15.7. The Morgan fingerprint density at radius 2 is 2.19 bits per heavy atom. The molecule has 4 N–H and O–H groups in total. The highest BCUT2D eigenvalue weighted by Gasteiger charge is 2.24. The van der Waals surface area contributed by atoms with Gasteiger partial charge in [-0.25, -0.2) is 17.9 Å². The summed E-state index contributed by atoms with van der Waals surface area (Å²) in [6, 6.07) is 3.61. The first-order chi connectivity index (χ1) is 9.90. The number of aromatic carboxylic acids is 1. The number of nitrogen functional groups attached to an aromatic ring is 1. The summed E-state index contributed by atoms with van der Waals surface area (Å²) in [5.41, 5.74) is 5.36. The molecule has 2 rings (SSSR count). The molecule has 21 heavy (non-hydrogen) atoms. The number of benzene rings is 1. The van der Waals surface area contributed by atoms with Gasteiger partial charge in [0.2, 0.25) is 10.0 Å². The van der Waals surface area contributed by atoms with E-state index >= 15 is 0 Å². The molecule has 9 heteroatoms. The van der Waals surface area contributed by atoms with Gasteiger partial charge in [0.25, 0.3) is 0 Å². The molecule has 1 saturated heterocycles. The van der Waals surface area contributed by atoms with Gasteiger partial charge in [-0.15, -0.1) is 0 Å². The van der Waals surface area contributed by atoms with E-state index in [-0.39, 0.29) is 29.3 Å². The molecule has 0 bridgehead atoms. The highest BCUT2D eigenvalue weighted by atomic mass is 32.2. The zero-order valence-corrected chi connectivity index (χ0v) is 11.9. The van der Waals surface area contributed by atoms with Crippen molar-refractivity contribution in [1.82, 2.24) is 4.72 Å². The van der Waals surface area contributed by atoms with Crippen LogP contribution in [0.25, 0.3) is 0 Å². The van der Waals surface area contributed by atoms with Crippen molar-refractivity contribution in [2.24, 2.45) is 0 Å². The summed E-state index contributed by atoms with van der Waals surface area (Å²) in [6.45, 7) is 1.15. The summed E-state index contributed by atoms with van der Waals surface area (Å²) in [7, 11) is -4.00. The summed E-state index contributed by atoms with van der Waals surface area (Å²) < 4.78 is 37.2. The number of ether oxygens (including phenoxy) is 2. The van der Waals surface area contributed by atoms with Crippen LogP contribution < -0.4 is 10.5 Å². The van der Waals surface area contributed by atoms with Crippen molar-refractivity contribution in [3.05, 3.63) is 23.8 Å². The van der Waals surface area contributed by atoms with Crippen molar-refractivity contribution in [2.75, 3.05) is 32.1 Å². The predicted octanol–water partition coefficient (Wildman–Crippen LogP) is -0.339. The maximum atomic E-state index is 12.2. The smallest absolute Gasteiger partial charge is 0.337 e. The minimum atomic E-state index is -4.00. The van der Waals surface area contributed by atoms with Gasteiger partial charge in [-0.3, -0.25) is 0 Å². The molecule has 0 saturated carbocycles. The molecule has 1 aliphatic heterocycles. The van der Waals surface area contributed by atoms with Gasteiger partial charge in [-0.2, -0.15) is 0 Å². The lowest BCUT2D eigenvalue weighted by atomic mass is 10.2.